The van der Waals surface area contributed by atoms with Gasteiger partial charge in [0.25, 0.3) is 5.91 Å². The third-order valence-electron chi connectivity index (χ3n) is 4.45. The summed E-state index contributed by atoms with van der Waals surface area (Å²) >= 11 is 5.76. The Balaban J connectivity index is 1.85. The average molecular weight is 469 g/mol. The highest BCUT2D eigenvalue weighted by molar-refractivity contribution is 7.89. The van der Waals surface area contributed by atoms with E-state index in [0.29, 0.717) is 5.02 Å². The van der Waals surface area contributed by atoms with Gasteiger partial charge in [-0.3, -0.25) is 10.0 Å². The first-order chi connectivity index (χ1) is 14.7. The molecule has 168 valence electrons. The van der Waals surface area contributed by atoms with Gasteiger partial charge in [-0.15, -0.1) is 0 Å². The highest BCUT2D eigenvalue weighted by atomic mass is 35.5. The van der Waals surface area contributed by atoms with Gasteiger partial charge < -0.3 is 10.6 Å². The maximum atomic E-state index is 12.5. The summed E-state index contributed by atoms with van der Waals surface area (Å²) in [6, 6.07) is 13.1. The van der Waals surface area contributed by atoms with E-state index in [9.17, 15) is 18.0 Å². The lowest BCUT2D eigenvalue weighted by atomic mass is 10.1. The fourth-order valence-electron chi connectivity index (χ4n) is 2.77. The summed E-state index contributed by atoms with van der Waals surface area (Å²) in [6.45, 7) is 2.05. The molecule has 0 unspecified atom stereocenters. The minimum atomic E-state index is -4.01. The van der Waals surface area contributed by atoms with Crippen LogP contribution in [0.4, 0.5) is 4.79 Å². The standard InChI is InChI=1S/C20H25ClN4O5S/c1-14(15-6-3-2-4-7-15)23-20(27)22-13-5-8-18(19(26)24-28)25-31(29,30)17-11-9-16(21)10-12-17/h2-4,6-7,9-12,14,18,25,28H,5,8,13H2,1H3,(H,24,26)(H2,22,23,27)/t14-,18-/m1/s1. The van der Waals surface area contributed by atoms with Crippen LogP contribution in [0.25, 0.3) is 0 Å². The Labute approximate surface area is 186 Å². The van der Waals surface area contributed by atoms with Crippen LogP contribution in [0, 0.1) is 0 Å². The van der Waals surface area contributed by atoms with Crippen LogP contribution in [0.2, 0.25) is 5.02 Å². The van der Waals surface area contributed by atoms with Crippen LogP contribution < -0.4 is 20.8 Å². The van der Waals surface area contributed by atoms with Crippen LogP contribution in [-0.4, -0.2) is 38.1 Å². The van der Waals surface area contributed by atoms with Crippen molar-refractivity contribution in [1.82, 2.24) is 20.8 Å². The Kier molecular flexibility index (Phi) is 9.25. The number of carbonyl (C=O) groups excluding carboxylic acids is 2. The number of urea groups is 1. The van der Waals surface area contributed by atoms with Crippen molar-refractivity contribution in [2.75, 3.05) is 6.54 Å². The fraction of sp³-hybridized carbons (Fsp3) is 0.300. The molecule has 2 atom stereocenters. The van der Waals surface area contributed by atoms with E-state index in [2.05, 4.69) is 15.4 Å². The lowest BCUT2D eigenvalue weighted by molar-refractivity contribution is -0.131. The topological polar surface area (TPSA) is 137 Å². The Bertz CT molecular complexity index is 971. The van der Waals surface area contributed by atoms with Crippen molar-refractivity contribution in [3.05, 3.63) is 65.2 Å². The second kappa shape index (κ2) is 11.7. The van der Waals surface area contributed by atoms with Gasteiger partial charge in [0.2, 0.25) is 10.0 Å². The summed E-state index contributed by atoms with van der Waals surface area (Å²) in [5.74, 6) is -0.903. The molecular weight excluding hydrogens is 444 g/mol. The maximum Gasteiger partial charge on any atom is 0.315 e. The van der Waals surface area contributed by atoms with E-state index in [-0.39, 0.29) is 36.4 Å². The molecule has 31 heavy (non-hydrogen) atoms. The molecule has 2 aromatic rings. The number of carbonyl (C=O) groups is 2. The van der Waals surface area contributed by atoms with Crippen molar-refractivity contribution in [2.24, 2.45) is 0 Å². The Morgan fingerprint density at radius 2 is 1.71 bits per heavy atom. The van der Waals surface area contributed by atoms with Crippen molar-refractivity contribution in [2.45, 2.75) is 36.7 Å². The van der Waals surface area contributed by atoms with Crippen LogP contribution in [-0.2, 0) is 14.8 Å². The SMILES string of the molecule is C[C@@H](NC(=O)NCCC[C@@H](NS(=O)(=O)c1ccc(Cl)cc1)C(=O)NO)c1ccccc1. The lowest BCUT2D eigenvalue weighted by Gasteiger charge is -2.18. The van der Waals surface area contributed by atoms with E-state index in [1.807, 2.05) is 37.3 Å². The second-order valence-electron chi connectivity index (χ2n) is 6.78. The smallest absolute Gasteiger partial charge is 0.315 e. The molecule has 0 fully saturated rings. The predicted molar refractivity (Wildman–Crippen MR) is 116 cm³/mol. The van der Waals surface area contributed by atoms with Gasteiger partial charge in [0.15, 0.2) is 0 Å². The molecule has 0 bridgehead atoms. The molecule has 11 heteroatoms. The maximum absolute atomic E-state index is 12.5. The van der Waals surface area contributed by atoms with E-state index < -0.39 is 22.0 Å². The third kappa shape index (κ3) is 7.83. The van der Waals surface area contributed by atoms with E-state index in [1.165, 1.54) is 29.7 Å². The first-order valence-electron chi connectivity index (χ1n) is 9.54. The fourth-order valence-corrected chi connectivity index (χ4v) is 4.13. The first kappa shape index (κ1) is 24.6. The first-order valence-corrected chi connectivity index (χ1v) is 11.4. The molecular formula is C20H25ClN4O5S. The largest absolute Gasteiger partial charge is 0.338 e. The van der Waals surface area contributed by atoms with Crippen LogP contribution in [0.15, 0.2) is 59.5 Å². The minimum Gasteiger partial charge on any atom is -0.338 e. The van der Waals surface area contributed by atoms with Gasteiger partial charge in [0.05, 0.1) is 10.9 Å². The summed E-state index contributed by atoms with van der Waals surface area (Å²) in [4.78, 5) is 23.9. The molecule has 0 aliphatic rings. The molecule has 0 aliphatic carbocycles. The van der Waals surface area contributed by atoms with Gasteiger partial charge in [-0.05, 0) is 49.6 Å². The summed E-state index contributed by atoms with van der Waals surface area (Å²) in [7, 11) is -4.01. The average Bonchev–Trinajstić information content (AvgIpc) is 2.76. The quantitative estimate of drug-likeness (QED) is 0.207. The zero-order valence-corrected chi connectivity index (χ0v) is 18.4. The normalized spacial score (nSPS) is 13.1. The third-order valence-corrected chi connectivity index (χ3v) is 6.19. The van der Waals surface area contributed by atoms with Crippen molar-refractivity contribution < 1.29 is 23.2 Å². The van der Waals surface area contributed by atoms with Crippen LogP contribution >= 0.6 is 11.6 Å². The molecule has 0 spiro atoms. The van der Waals surface area contributed by atoms with Gasteiger partial charge in [0.1, 0.15) is 6.04 Å². The number of benzene rings is 2. The predicted octanol–water partition coefficient (Wildman–Crippen LogP) is 2.33. The van der Waals surface area contributed by atoms with Gasteiger partial charge in [0, 0.05) is 11.6 Å². The number of nitrogens with one attached hydrogen (secondary N) is 4. The number of hydrogen-bond donors (Lipinski definition) is 5. The Hall–Kier alpha value is -2.66. The van der Waals surface area contributed by atoms with Crippen molar-refractivity contribution in [1.29, 1.82) is 0 Å². The minimum absolute atomic E-state index is 0.0493. The molecule has 2 rings (SSSR count). The number of rotatable bonds is 10. The van der Waals surface area contributed by atoms with Crippen LogP contribution in [0.5, 0.6) is 0 Å². The van der Waals surface area contributed by atoms with Crippen molar-refractivity contribution in [3.63, 3.8) is 0 Å². The molecule has 0 saturated heterocycles. The zero-order chi connectivity index (χ0) is 22.9. The van der Waals surface area contributed by atoms with E-state index >= 15 is 0 Å². The number of sulfonamides is 1. The lowest BCUT2D eigenvalue weighted by Crippen LogP contribution is -2.46. The highest BCUT2D eigenvalue weighted by Crippen LogP contribution is 2.15. The molecule has 2 aromatic carbocycles. The van der Waals surface area contributed by atoms with Gasteiger partial charge >= 0.3 is 6.03 Å². The number of hydroxylamine groups is 1. The van der Waals surface area contributed by atoms with E-state index in [0.717, 1.165) is 5.56 Å². The van der Waals surface area contributed by atoms with Gasteiger partial charge in [-0.25, -0.2) is 18.7 Å². The number of halogens is 1. The molecule has 0 aliphatic heterocycles. The number of amides is 3. The van der Waals surface area contributed by atoms with Crippen LogP contribution in [0.3, 0.4) is 0 Å². The molecule has 0 aromatic heterocycles. The second-order valence-corrected chi connectivity index (χ2v) is 8.93. The highest BCUT2D eigenvalue weighted by Gasteiger charge is 2.25. The monoisotopic (exact) mass is 468 g/mol. The Morgan fingerprint density at radius 1 is 1.06 bits per heavy atom. The summed E-state index contributed by atoms with van der Waals surface area (Å²) in [5, 5.41) is 14.8. The summed E-state index contributed by atoms with van der Waals surface area (Å²) < 4.78 is 27.2. The molecule has 5 N–H and O–H groups in total. The molecule has 0 saturated carbocycles. The number of hydrogen-bond acceptors (Lipinski definition) is 5. The molecule has 3 amide bonds. The van der Waals surface area contributed by atoms with Gasteiger partial charge in [-0.1, -0.05) is 41.9 Å². The summed E-state index contributed by atoms with van der Waals surface area (Å²) in [5.41, 5.74) is 2.41. The van der Waals surface area contributed by atoms with E-state index in [1.54, 1.807) is 0 Å². The molecule has 0 heterocycles. The molecule has 9 nitrogen and oxygen atoms in total. The van der Waals surface area contributed by atoms with Crippen molar-refractivity contribution in [3.8, 4) is 0 Å². The van der Waals surface area contributed by atoms with Crippen molar-refractivity contribution >= 4 is 33.6 Å². The summed E-state index contributed by atoms with van der Waals surface area (Å²) in [6.07, 6.45) is 0.335. The Morgan fingerprint density at radius 3 is 2.32 bits per heavy atom. The van der Waals surface area contributed by atoms with E-state index in [4.69, 9.17) is 16.8 Å². The van der Waals surface area contributed by atoms with Gasteiger partial charge in [-0.2, -0.15) is 4.72 Å². The zero-order valence-electron chi connectivity index (χ0n) is 16.8. The van der Waals surface area contributed by atoms with Crippen LogP contribution in [0.1, 0.15) is 31.4 Å². The molecule has 0 radical (unpaired) electrons.